The van der Waals surface area contributed by atoms with Crippen LogP contribution in [0.2, 0.25) is 0 Å². The maximum absolute atomic E-state index is 5.80. The van der Waals surface area contributed by atoms with Crippen LogP contribution in [0.15, 0.2) is 71.9 Å². The van der Waals surface area contributed by atoms with Gasteiger partial charge in [-0.05, 0) is 16.3 Å². The van der Waals surface area contributed by atoms with Crippen LogP contribution >= 0.6 is 12.6 Å². The Kier molecular flexibility index (Phi) is 6.83. The average Bonchev–Trinajstić information content (AvgIpc) is 2.80. The summed E-state index contributed by atoms with van der Waals surface area (Å²) in [5.41, 5.74) is 4.16. The lowest BCUT2D eigenvalue weighted by Crippen LogP contribution is -2.38. The molecule has 1 saturated heterocycles. The van der Waals surface area contributed by atoms with Gasteiger partial charge in [-0.3, -0.25) is 4.90 Å². The molecule has 0 aliphatic carbocycles. The highest BCUT2D eigenvalue weighted by molar-refractivity contribution is 7.79. The minimum atomic E-state index is 0.559. The molecule has 0 unspecified atom stereocenters. The highest BCUT2D eigenvalue weighted by Crippen LogP contribution is 2.23. The Balaban J connectivity index is 1.61. The molecule has 0 atom stereocenters. The summed E-state index contributed by atoms with van der Waals surface area (Å²) in [4.78, 5) is 8.15. The van der Waals surface area contributed by atoms with E-state index in [2.05, 4.69) is 89.4 Å². The van der Waals surface area contributed by atoms with Crippen LogP contribution in [-0.2, 0) is 15.3 Å². The first kappa shape index (κ1) is 20.0. The van der Waals surface area contributed by atoms with Crippen molar-refractivity contribution in [1.29, 1.82) is 0 Å². The molecule has 29 heavy (non-hydrogen) atoms. The first-order valence-electron chi connectivity index (χ1n) is 10.0. The van der Waals surface area contributed by atoms with Crippen molar-refractivity contribution in [1.82, 2.24) is 4.90 Å². The Morgan fingerprint density at radius 1 is 0.966 bits per heavy atom. The van der Waals surface area contributed by atoms with Crippen molar-refractivity contribution in [3.63, 3.8) is 0 Å². The Morgan fingerprint density at radius 3 is 2.52 bits per heavy atom. The molecule has 0 spiro atoms. The van der Waals surface area contributed by atoms with E-state index in [1.54, 1.807) is 0 Å². The minimum Gasteiger partial charge on any atom is -0.394 e. The zero-order chi connectivity index (χ0) is 19.9. The molecule has 1 heterocycles. The summed E-state index contributed by atoms with van der Waals surface area (Å²) in [7, 11) is 0. The predicted molar refractivity (Wildman–Crippen MR) is 122 cm³/mol. The van der Waals surface area contributed by atoms with Gasteiger partial charge in [0.25, 0.3) is 0 Å². The second kappa shape index (κ2) is 9.92. The van der Waals surface area contributed by atoms with Gasteiger partial charge in [-0.15, -0.1) is 0 Å². The van der Waals surface area contributed by atoms with E-state index >= 15 is 0 Å². The molecule has 1 aliphatic rings. The summed E-state index contributed by atoms with van der Waals surface area (Å²) in [5.74, 6) is 0.719. The van der Waals surface area contributed by atoms with Gasteiger partial charge in [0.05, 0.1) is 13.2 Å². The summed E-state index contributed by atoms with van der Waals surface area (Å²) < 4.78 is 5.40. The Morgan fingerprint density at radius 2 is 1.72 bits per heavy atom. The first-order valence-corrected chi connectivity index (χ1v) is 10.7. The van der Waals surface area contributed by atoms with E-state index in [9.17, 15) is 0 Å². The second-order valence-electron chi connectivity index (χ2n) is 7.11. The number of rotatable bonds is 7. The molecule has 3 aromatic rings. The summed E-state index contributed by atoms with van der Waals surface area (Å²) in [5, 5.41) is 6.96. The molecule has 0 saturated carbocycles. The fourth-order valence-corrected chi connectivity index (χ4v) is 3.77. The van der Waals surface area contributed by atoms with E-state index in [0.717, 1.165) is 55.4 Å². The number of ether oxygens (including phenoxy) is 1. The van der Waals surface area contributed by atoms with Gasteiger partial charge in [-0.1, -0.05) is 71.9 Å². The lowest BCUT2D eigenvalue weighted by atomic mass is 9.96. The normalized spacial score (nSPS) is 15.6. The van der Waals surface area contributed by atoms with Gasteiger partial charge in [-0.25, -0.2) is 0 Å². The van der Waals surface area contributed by atoms with Crippen molar-refractivity contribution in [3.8, 4) is 0 Å². The topological polar surface area (TPSA) is 34.1 Å². The quantitative estimate of drug-likeness (QED) is 0.274. The third kappa shape index (κ3) is 4.99. The molecule has 0 amide bonds. The van der Waals surface area contributed by atoms with Gasteiger partial charge in [-0.2, -0.15) is 12.6 Å². The van der Waals surface area contributed by atoms with Crippen molar-refractivity contribution < 1.29 is 9.57 Å². The van der Waals surface area contributed by atoms with Crippen LogP contribution < -0.4 is 0 Å². The third-order valence-corrected chi connectivity index (χ3v) is 5.58. The molecule has 0 radical (unpaired) electrons. The van der Waals surface area contributed by atoms with E-state index in [4.69, 9.17) is 9.57 Å². The van der Waals surface area contributed by atoms with Crippen LogP contribution in [-0.4, -0.2) is 50.1 Å². The van der Waals surface area contributed by atoms with Crippen molar-refractivity contribution in [2.24, 2.45) is 5.16 Å². The summed E-state index contributed by atoms with van der Waals surface area (Å²) in [6.07, 6.45) is 0. The van der Waals surface area contributed by atoms with Gasteiger partial charge in [0.1, 0.15) is 12.3 Å². The molecule has 4 rings (SSSR count). The van der Waals surface area contributed by atoms with Gasteiger partial charge in [0.2, 0.25) is 0 Å². The molecule has 5 heteroatoms. The molecule has 0 bridgehead atoms. The number of fused-ring (bicyclic) bond motifs is 1. The number of morpholine rings is 1. The Hall–Kier alpha value is -2.34. The fraction of sp³-hybridized carbons (Fsp3) is 0.292. The number of thiol groups is 1. The molecule has 150 valence electrons. The molecular formula is C24H26N2O2S. The first-order chi connectivity index (χ1) is 14.3. The van der Waals surface area contributed by atoms with Crippen molar-refractivity contribution >= 4 is 29.1 Å². The summed E-state index contributed by atoms with van der Waals surface area (Å²) in [6, 6.07) is 23.1. The van der Waals surface area contributed by atoms with E-state index in [0.29, 0.717) is 6.61 Å². The molecule has 1 aliphatic heterocycles. The van der Waals surface area contributed by atoms with Gasteiger partial charge < -0.3 is 9.57 Å². The maximum atomic E-state index is 5.80. The van der Waals surface area contributed by atoms with Gasteiger partial charge in [0, 0.05) is 36.5 Å². The minimum absolute atomic E-state index is 0.559. The zero-order valence-corrected chi connectivity index (χ0v) is 17.4. The van der Waals surface area contributed by atoms with Gasteiger partial charge >= 0.3 is 0 Å². The van der Waals surface area contributed by atoms with Crippen LogP contribution in [0.5, 0.6) is 0 Å². The van der Waals surface area contributed by atoms with Crippen LogP contribution in [0, 0.1) is 0 Å². The van der Waals surface area contributed by atoms with Crippen LogP contribution in [0.3, 0.4) is 0 Å². The lowest BCUT2D eigenvalue weighted by molar-refractivity contribution is 0.0212. The number of benzene rings is 3. The van der Waals surface area contributed by atoms with E-state index < -0.39 is 0 Å². The van der Waals surface area contributed by atoms with Crippen LogP contribution in [0.25, 0.3) is 10.8 Å². The Bertz CT molecular complexity index is 961. The standard InChI is InChI=1S/C24H26N2O2S/c29-18-19-8-10-21(11-9-19)24(25-28-17-14-26-12-15-27-16-13-26)23-7-3-5-20-4-1-2-6-22(20)23/h1-11,29H,12-18H2/b25-24-. The van der Waals surface area contributed by atoms with E-state index in [1.165, 1.54) is 16.3 Å². The molecule has 3 aromatic carbocycles. The lowest BCUT2D eigenvalue weighted by Gasteiger charge is -2.25. The molecular weight excluding hydrogens is 380 g/mol. The van der Waals surface area contributed by atoms with Crippen LogP contribution in [0.1, 0.15) is 16.7 Å². The summed E-state index contributed by atoms with van der Waals surface area (Å²) >= 11 is 4.37. The molecule has 4 nitrogen and oxygen atoms in total. The molecule has 0 N–H and O–H groups in total. The van der Waals surface area contributed by atoms with E-state index in [1.807, 2.05) is 0 Å². The zero-order valence-electron chi connectivity index (χ0n) is 16.5. The van der Waals surface area contributed by atoms with Crippen molar-refractivity contribution in [3.05, 3.63) is 83.4 Å². The van der Waals surface area contributed by atoms with Crippen LogP contribution in [0.4, 0.5) is 0 Å². The number of oxime groups is 1. The predicted octanol–water partition coefficient (Wildman–Crippen LogP) is 4.37. The van der Waals surface area contributed by atoms with Gasteiger partial charge in [0.15, 0.2) is 0 Å². The number of hydrogen-bond donors (Lipinski definition) is 1. The highest BCUT2D eigenvalue weighted by Gasteiger charge is 2.13. The Labute approximate surface area is 177 Å². The van der Waals surface area contributed by atoms with Crippen molar-refractivity contribution in [2.75, 3.05) is 39.5 Å². The highest BCUT2D eigenvalue weighted by atomic mass is 32.1. The average molecular weight is 407 g/mol. The smallest absolute Gasteiger partial charge is 0.129 e. The van der Waals surface area contributed by atoms with Crippen molar-refractivity contribution in [2.45, 2.75) is 5.75 Å². The fourth-order valence-electron chi connectivity index (χ4n) is 3.56. The number of nitrogens with zero attached hydrogens (tertiary/aromatic N) is 2. The SMILES string of the molecule is SCc1ccc(/C(=N/OCCN2CCOCC2)c2cccc3ccccc23)cc1. The summed E-state index contributed by atoms with van der Waals surface area (Å²) in [6.45, 7) is 4.91. The number of hydrogen-bond acceptors (Lipinski definition) is 5. The molecule has 1 fully saturated rings. The van der Waals surface area contributed by atoms with E-state index in [-0.39, 0.29) is 0 Å². The largest absolute Gasteiger partial charge is 0.394 e. The third-order valence-electron chi connectivity index (χ3n) is 5.21. The maximum Gasteiger partial charge on any atom is 0.129 e. The molecule has 0 aromatic heterocycles. The monoisotopic (exact) mass is 406 g/mol. The second-order valence-corrected chi connectivity index (χ2v) is 7.43.